The minimum atomic E-state index is -0.864. The second-order valence-corrected chi connectivity index (χ2v) is 7.61. The van der Waals surface area contributed by atoms with Gasteiger partial charge in [0.1, 0.15) is 5.54 Å². The standard InChI is InChI=1S/C17H31N3O3/c1-6-23-13-11-17(18,16(13,4)5)15(22)20-9-7-19(8-10-20)14(21)12(2)3/h12-13H,6-11,18H2,1-5H3. The summed E-state index contributed by atoms with van der Waals surface area (Å²) >= 11 is 0. The van der Waals surface area contributed by atoms with E-state index in [1.165, 1.54) is 0 Å². The van der Waals surface area contributed by atoms with Gasteiger partial charge in [-0.2, -0.15) is 0 Å². The fourth-order valence-electron chi connectivity index (χ4n) is 3.58. The van der Waals surface area contributed by atoms with E-state index in [2.05, 4.69) is 0 Å². The largest absolute Gasteiger partial charge is 0.378 e. The van der Waals surface area contributed by atoms with Crippen molar-refractivity contribution in [3.63, 3.8) is 0 Å². The molecule has 2 fully saturated rings. The average Bonchev–Trinajstić information content (AvgIpc) is 2.53. The van der Waals surface area contributed by atoms with E-state index in [1.54, 1.807) is 0 Å². The number of piperazine rings is 1. The summed E-state index contributed by atoms with van der Waals surface area (Å²) in [5.74, 6) is 0.144. The summed E-state index contributed by atoms with van der Waals surface area (Å²) in [4.78, 5) is 28.6. The van der Waals surface area contributed by atoms with Crippen LogP contribution in [0, 0.1) is 11.3 Å². The lowest BCUT2D eigenvalue weighted by Crippen LogP contribution is -2.76. The molecule has 0 aromatic heterocycles. The molecule has 0 radical (unpaired) electrons. The molecule has 2 rings (SSSR count). The number of nitrogens with zero attached hydrogens (tertiary/aromatic N) is 2. The molecular formula is C17H31N3O3. The fraction of sp³-hybridized carbons (Fsp3) is 0.882. The number of hydrogen-bond donors (Lipinski definition) is 1. The summed E-state index contributed by atoms with van der Waals surface area (Å²) < 4.78 is 5.70. The van der Waals surface area contributed by atoms with Gasteiger partial charge in [-0.3, -0.25) is 9.59 Å². The van der Waals surface area contributed by atoms with Crippen LogP contribution < -0.4 is 5.73 Å². The van der Waals surface area contributed by atoms with Crippen LogP contribution in [0.3, 0.4) is 0 Å². The van der Waals surface area contributed by atoms with Gasteiger partial charge in [-0.1, -0.05) is 27.7 Å². The van der Waals surface area contributed by atoms with Crippen LogP contribution in [0.2, 0.25) is 0 Å². The summed E-state index contributed by atoms with van der Waals surface area (Å²) in [6.45, 7) is 12.7. The van der Waals surface area contributed by atoms with Gasteiger partial charge in [-0.25, -0.2) is 0 Å². The van der Waals surface area contributed by atoms with E-state index in [0.29, 0.717) is 39.2 Å². The first-order valence-electron chi connectivity index (χ1n) is 8.63. The highest BCUT2D eigenvalue weighted by atomic mass is 16.5. The maximum Gasteiger partial charge on any atom is 0.243 e. The maximum atomic E-state index is 12.9. The molecule has 0 bridgehead atoms. The topological polar surface area (TPSA) is 75.9 Å². The van der Waals surface area contributed by atoms with Crippen molar-refractivity contribution in [3.05, 3.63) is 0 Å². The minimum absolute atomic E-state index is 0.00406. The monoisotopic (exact) mass is 325 g/mol. The quantitative estimate of drug-likeness (QED) is 0.831. The lowest BCUT2D eigenvalue weighted by atomic mass is 9.54. The Morgan fingerprint density at radius 2 is 1.70 bits per heavy atom. The molecule has 0 aromatic carbocycles. The first-order chi connectivity index (χ1) is 10.6. The van der Waals surface area contributed by atoms with E-state index in [9.17, 15) is 9.59 Å². The molecule has 2 aliphatic rings. The van der Waals surface area contributed by atoms with Crippen molar-refractivity contribution in [3.8, 4) is 0 Å². The number of hydrogen-bond acceptors (Lipinski definition) is 4. The van der Waals surface area contributed by atoms with Gasteiger partial charge in [-0.05, 0) is 6.92 Å². The molecule has 0 spiro atoms. The zero-order valence-electron chi connectivity index (χ0n) is 15.1. The third-order valence-corrected chi connectivity index (χ3v) is 5.58. The Labute approximate surface area is 139 Å². The van der Waals surface area contributed by atoms with Crippen molar-refractivity contribution >= 4 is 11.8 Å². The van der Waals surface area contributed by atoms with Crippen LogP contribution in [0.4, 0.5) is 0 Å². The van der Waals surface area contributed by atoms with Gasteiger partial charge in [0.05, 0.1) is 6.10 Å². The van der Waals surface area contributed by atoms with Crippen LogP contribution in [0.25, 0.3) is 0 Å². The van der Waals surface area contributed by atoms with Gasteiger partial charge >= 0.3 is 0 Å². The van der Waals surface area contributed by atoms with Gasteiger partial charge in [0.15, 0.2) is 0 Å². The van der Waals surface area contributed by atoms with Crippen molar-refractivity contribution in [2.75, 3.05) is 32.8 Å². The molecule has 23 heavy (non-hydrogen) atoms. The Morgan fingerprint density at radius 3 is 2.13 bits per heavy atom. The van der Waals surface area contributed by atoms with Crippen LogP contribution in [0.15, 0.2) is 0 Å². The molecule has 1 aliphatic heterocycles. The lowest BCUT2D eigenvalue weighted by molar-refractivity contribution is -0.181. The number of carbonyl (C=O) groups excluding carboxylic acids is 2. The second-order valence-electron chi connectivity index (χ2n) is 7.61. The number of amides is 2. The zero-order chi connectivity index (χ0) is 17.4. The van der Waals surface area contributed by atoms with E-state index in [1.807, 2.05) is 44.4 Å². The first-order valence-corrected chi connectivity index (χ1v) is 8.63. The number of nitrogens with two attached hydrogens (primary N) is 1. The molecule has 6 heteroatoms. The van der Waals surface area contributed by atoms with Crippen LogP contribution in [0.5, 0.6) is 0 Å². The SMILES string of the molecule is CCOC1CC(N)(C(=O)N2CCN(C(=O)C(C)C)CC2)C1(C)C. The zero-order valence-corrected chi connectivity index (χ0v) is 15.1. The van der Waals surface area contributed by atoms with Crippen LogP contribution in [-0.2, 0) is 14.3 Å². The van der Waals surface area contributed by atoms with Crippen LogP contribution >= 0.6 is 0 Å². The molecule has 1 aliphatic carbocycles. The van der Waals surface area contributed by atoms with E-state index in [0.717, 1.165) is 0 Å². The Morgan fingerprint density at radius 1 is 1.17 bits per heavy atom. The normalized spacial score (nSPS) is 30.3. The predicted octanol–water partition coefficient (Wildman–Crippen LogP) is 0.846. The molecule has 132 valence electrons. The smallest absolute Gasteiger partial charge is 0.243 e. The van der Waals surface area contributed by atoms with Crippen molar-refractivity contribution in [1.82, 2.24) is 9.80 Å². The molecule has 2 atom stereocenters. The van der Waals surface area contributed by atoms with Crippen molar-refractivity contribution in [2.24, 2.45) is 17.1 Å². The van der Waals surface area contributed by atoms with E-state index in [4.69, 9.17) is 10.5 Å². The summed E-state index contributed by atoms with van der Waals surface area (Å²) in [5.41, 5.74) is 5.23. The van der Waals surface area contributed by atoms with Crippen molar-refractivity contribution < 1.29 is 14.3 Å². The highest BCUT2D eigenvalue weighted by molar-refractivity contribution is 5.89. The maximum absolute atomic E-state index is 12.9. The highest BCUT2D eigenvalue weighted by Crippen LogP contribution is 2.50. The van der Waals surface area contributed by atoms with Crippen molar-refractivity contribution in [1.29, 1.82) is 0 Å². The number of rotatable bonds is 4. The number of ether oxygens (including phenoxy) is 1. The first kappa shape index (κ1) is 18.2. The Balaban J connectivity index is 1.97. The molecule has 6 nitrogen and oxygen atoms in total. The Kier molecular flexibility index (Phi) is 5.06. The van der Waals surface area contributed by atoms with Gasteiger partial charge in [0.2, 0.25) is 11.8 Å². The summed E-state index contributed by atoms with van der Waals surface area (Å²) in [6.07, 6.45) is 0.600. The van der Waals surface area contributed by atoms with E-state index in [-0.39, 0.29) is 29.3 Å². The Hall–Kier alpha value is -1.14. The molecule has 1 saturated carbocycles. The predicted molar refractivity (Wildman–Crippen MR) is 88.7 cm³/mol. The lowest BCUT2D eigenvalue weighted by Gasteiger charge is -2.59. The van der Waals surface area contributed by atoms with E-state index >= 15 is 0 Å². The number of carbonyl (C=O) groups is 2. The summed E-state index contributed by atoms with van der Waals surface area (Å²) in [5, 5.41) is 0. The summed E-state index contributed by atoms with van der Waals surface area (Å²) in [7, 11) is 0. The molecule has 1 saturated heterocycles. The average molecular weight is 325 g/mol. The molecule has 2 unspecified atom stereocenters. The van der Waals surface area contributed by atoms with Gasteiger partial charge < -0.3 is 20.3 Å². The fourth-order valence-corrected chi connectivity index (χ4v) is 3.58. The molecule has 2 N–H and O–H groups in total. The Bertz CT molecular complexity index is 470. The molecule has 0 aromatic rings. The van der Waals surface area contributed by atoms with Crippen LogP contribution in [-0.4, -0.2) is 66.0 Å². The van der Waals surface area contributed by atoms with E-state index < -0.39 is 5.54 Å². The third kappa shape index (κ3) is 2.98. The van der Waals surface area contributed by atoms with Gasteiger partial charge in [0.25, 0.3) is 0 Å². The van der Waals surface area contributed by atoms with Crippen molar-refractivity contribution in [2.45, 2.75) is 52.7 Å². The minimum Gasteiger partial charge on any atom is -0.378 e. The van der Waals surface area contributed by atoms with Gasteiger partial charge in [0, 0.05) is 50.5 Å². The second kappa shape index (κ2) is 6.40. The van der Waals surface area contributed by atoms with Gasteiger partial charge in [-0.15, -0.1) is 0 Å². The molecular weight excluding hydrogens is 294 g/mol. The molecule has 1 heterocycles. The summed E-state index contributed by atoms with van der Waals surface area (Å²) in [6, 6.07) is 0. The molecule has 2 amide bonds. The van der Waals surface area contributed by atoms with Crippen LogP contribution in [0.1, 0.15) is 41.0 Å². The highest BCUT2D eigenvalue weighted by Gasteiger charge is 2.63. The third-order valence-electron chi connectivity index (χ3n) is 5.58.